The van der Waals surface area contributed by atoms with Gasteiger partial charge in [-0.15, -0.1) is 0 Å². The Balaban J connectivity index is 1.08. The summed E-state index contributed by atoms with van der Waals surface area (Å²) in [5.74, 6) is 3.28. The van der Waals surface area contributed by atoms with E-state index in [1.807, 2.05) is 0 Å². The highest BCUT2D eigenvalue weighted by Gasteiger charge is 2.44. The summed E-state index contributed by atoms with van der Waals surface area (Å²) >= 11 is 0. The predicted octanol–water partition coefficient (Wildman–Crippen LogP) is 9.84. The Hall–Kier alpha value is -4.53. The SMILES string of the molecule is N#CC1CCC=CC1C1=CC=CCC1C1C=CCCC1C1=CC(N2c3ccccc3C3C=CC=CC32)NC(n2c3c(c4c2NCCC4)C=CCC3)C1. The number of para-hydroxylation sites is 1. The molecule has 0 fully saturated rings. The van der Waals surface area contributed by atoms with Crippen LogP contribution in [-0.4, -0.2) is 23.3 Å². The number of nitriles is 1. The van der Waals surface area contributed by atoms with Gasteiger partial charge >= 0.3 is 0 Å². The highest BCUT2D eigenvalue weighted by Crippen LogP contribution is 2.51. The molecule has 2 N–H and O–H groups in total. The van der Waals surface area contributed by atoms with Crippen LogP contribution in [0.5, 0.6) is 0 Å². The first kappa shape index (κ1) is 32.1. The molecule has 52 heavy (non-hydrogen) atoms. The summed E-state index contributed by atoms with van der Waals surface area (Å²) in [5, 5.41) is 18.5. The number of allylic oxidation sites excluding steroid dienone is 11. The Morgan fingerprint density at radius 1 is 0.846 bits per heavy atom. The van der Waals surface area contributed by atoms with Crippen LogP contribution < -0.4 is 15.5 Å². The summed E-state index contributed by atoms with van der Waals surface area (Å²) in [6.45, 7) is 1.04. The number of aromatic nitrogens is 1. The van der Waals surface area contributed by atoms with Crippen molar-refractivity contribution in [3.8, 4) is 6.07 Å². The van der Waals surface area contributed by atoms with Gasteiger partial charge in [0.2, 0.25) is 0 Å². The highest BCUT2D eigenvalue weighted by atomic mass is 15.4. The van der Waals surface area contributed by atoms with Crippen LogP contribution in [0.15, 0.2) is 114 Å². The zero-order valence-electron chi connectivity index (χ0n) is 30.2. The van der Waals surface area contributed by atoms with Gasteiger partial charge < -0.3 is 14.8 Å². The predicted molar refractivity (Wildman–Crippen MR) is 213 cm³/mol. The first-order valence-corrected chi connectivity index (χ1v) is 20.2. The first-order chi connectivity index (χ1) is 25.8. The van der Waals surface area contributed by atoms with Gasteiger partial charge in [-0.1, -0.05) is 108 Å². The van der Waals surface area contributed by atoms with Crippen LogP contribution in [0, 0.1) is 40.9 Å². The van der Waals surface area contributed by atoms with E-state index in [0.717, 1.165) is 57.9 Å². The summed E-state index contributed by atoms with van der Waals surface area (Å²) < 4.78 is 2.72. The smallest absolute Gasteiger partial charge is 0.111 e. The van der Waals surface area contributed by atoms with Crippen molar-refractivity contribution in [1.82, 2.24) is 9.88 Å². The lowest BCUT2D eigenvalue weighted by Gasteiger charge is -2.45. The van der Waals surface area contributed by atoms with E-state index < -0.39 is 0 Å². The van der Waals surface area contributed by atoms with Crippen molar-refractivity contribution < 1.29 is 0 Å². The lowest BCUT2D eigenvalue weighted by atomic mass is 9.63. The molecule has 1 aromatic carbocycles. The molecule has 5 nitrogen and oxygen atoms in total. The van der Waals surface area contributed by atoms with Crippen molar-refractivity contribution >= 4 is 17.6 Å². The van der Waals surface area contributed by atoms with E-state index in [9.17, 15) is 5.26 Å². The van der Waals surface area contributed by atoms with Gasteiger partial charge in [-0.05, 0) is 93.2 Å². The van der Waals surface area contributed by atoms with E-state index in [1.54, 1.807) is 5.57 Å². The van der Waals surface area contributed by atoms with E-state index in [1.165, 1.54) is 52.3 Å². The minimum absolute atomic E-state index is 0.0644. The third-order valence-electron chi connectivity index (χ3n) is 13.6. The molecule has 0 spiro atoms. The Bertz CT molecular complexity index is 2020. The van der Waals surface area contributed by atoms with Crippen molar-refractivity contribution in [3.05, 3.63) is 137 Å². The van der Waals surface area contributed by atoms with Gasteiger partial charge in [-0.25, -0.2) is 0 Å². The highest BCUT2D eigenvalue weighted by molar-refractivity contribution is 5.70. The minimum atomic E-state index is 0.0644. The molecule has 2 aromatic rings. The van der Waals surface area contributed by atoms with Crippen LogP contribution in [0.1, 0.15) is 85.8 Å². The lowest BCUT2D eigenvalue weighted by Crippen LogP contribution is -2.53. The van der Waals surface area contributed by atoms with Crippen molar-refractivity contribution in [1.29, 1.82) is 5.26 Å². The average Bonchev–Trinajstić information content (AvgIpc) is 3.74. The van der Waals surface area contributed by atoms with Gasteiger partial charge in [0.15, 0.2) is 0 Å². The molecule has 8 aliphatic rings. The fraction of sp³-hybridized carbons (Fsp3) is 0.426. The van der Waals surface area contributed by atoms with Crippen LogP contribution in [0.2, 0.25) is 0 Å². The number of hydrogen-bond acceptors (Lipinski definition) is 4. The van der Waals surface area contributed by atoms with E-state index >= 15 is 0 Å². The maximum Gasteiger partial charge on any atom is 0.111 e. The number of nitrogens with one attached hydrogen (secondary N) is 2. The molecule has 10 rings (SSSR count). The van der Waals surface area contributed by atoms with Gasteiger partial charge in [-0.3, -0.25) is 5.32 Å². The summed E-state index contributed by atoms with van der Waals surface area (Å²) in [7, 11) is 0. The average molecular weight is 686 g/mol. The van der Waals surface area contributed by atoms with Gasteiger partial charge in [0.25, 0.3) is 0 Å². The second-order valence-electron chi connectivity index (χ2n) is 16.2. The van der Waals surface area contributed by atoms with Crippen LogP contribution >= 0.6 is 0 Å². The Kier molecular flexibility index (Phi) is 8.32. The van der Waals surface area contributed by atoms with E-state index in [-0.39, 0.29) is 30.2 Å². The standard InChI is InChI=1S/C47H51N5/c48-30-31-14-1-2-15-33(31)35-17-5-6-19-37(35)36-18-4-3-16-34(36)32-28-45(51-42-24-10-7-20-38(42)39-21-8-11-25-43(39)51)50-46(29-32)52-44-26-12-9-22-40(44)41-23-13-27-49-47(41)52/h2,4-11,15,17-18,20-22,24-25,28,31,33-34,36-38,42,45-46,49-50H,1,3,12-14,16,19,23,26-27,29H2. The van der Waals surface area contributed by atoms with Crippen molar-refractivity contribution in [3.63, 3.8) is 0 Å². The maximum absolute atomic E-state index is 10.2. The monoisotopic (exact) mass is 685 g/mol. The largest absolute Gasteiger partial charge is 0.371 e. The van der Waals surface area contributed by atoms with E-state index in [0.29, 0.717) is 23.7 Å². The van der Waals surface area contributed by atoms with E-state index in [4.69, 9.17) is 0 Å². The number of benzene rings is 1. The summed E-state index contributed by atoms with van der Waals surface area (Å²) in [6.07, 6.45) is 44.6. The molecule has 4 heterocycles. The van der Waals surface area contributed by atoms with Gasteiger partial charge in [0.05, 0.1) is 24.2 Å². The summed E-state index contributed by atoms with van der Waals surface area (Å²) in [5.41, 5.74) is 10.4. The molecular formula is C47H51N5. The van der Waals surface area contributed by atoms with Crippen molar-refractivity contribution in [2.45, 2.75) is 88.5 Å². The molecule has 5 aliphatic carbocycles. The fourth-order valence-electron chi connectivity index (χ4n) is 11.3. The Morgan fingerprint density at radius 3 is 2.71 bits per heavy atom. The zero-order valence-corrected chi connectivity index (χ0v) is 30.2. The van der Waals surface area contributed by atoms with Crippen LogP contribution in [-0.2, 0) is 12.8 Å². The molecule has 9 unspecified atom stereocenters. The Labute approximate surface area is 309 Å². The lowest BCUT2D eigenvalue weighted by molar-refractivity contribution is 0.262. The molecule has 5 heteroatoms. The molecule has 0 saturated heterocycles. The van der Waals surface area contributed by atoms with Crippen molar-refractivity contribution in [2.75, 3.05) is 16.8 Å². The maximum atomic E-state index is 10.2. The molecular weight excluding hydrogens is 635 g/mol. The second-order valence-corrected chi connectivity index (χ2v) is 16.2. The Morgan fingerprint density at radius 2 is 1.75 bits per heavy atom. The second kappa shape index (κ2) is 13.5. The molecule has 0 bridgehead atoms. The molecule has 264 valence electrons. The normalized spacial score (nSPS) is 34.1. The number of nitrogens with zero attached hydrogens (tertiary/aromatic N) is 3. The first-order valence-electron chi connectivity index (χ1n) is 20.2. The minimum Gasteiger partial charge on any atom is -0.371 e. The zero-order chi connectivity index (χ0) is 34.6. The van der Waals surface area contributed by atoms with Crippen LogP contribution in [0.4, 0.5) is 11.5 Å². The number of hydrogen-bond donors (Lipinski definition) is 2. The summed E-state index contributed by atoms with van der Waals surface area (Å²) in [4.78, 5) is 2.70. The van der Waals surface area contributed by atoms with Crippen LogP contribution in [0.3, 0.4) is 0 Å². The quantitative estimate of drug-likeness (QED) is 0.308. The number of fused-ring (bicyclic) bond motifs is 6. The fourth-order valence-corrected chi connectivity index (χ4v) is 11.3. The van der Waals surface area contributed by atoms with E-state index in [2.05, 4.69) is 135 Å². The van der Waals surface area contributed by atoms with Crippen molar-refractivity contribution in [2.24, 2.45) is 29.6 Å². The topological polar surface area (TPSA) is 56.0 Å². The third kappa shape index (κ3) is 5.28. The molecule has 1 aromatic heterocycles. The van der Waals surface area contributed by atoms with Crippen LogP contribution in [0.25, 0.3) is 6.08 Å². The molecule has 9 atom stereocenters. The molecule has 0 saturated carbocycles. The number of anilines is 2. The molecule has 3 aliphatic heterocycles. The summed E-state index contributed by atoms with van der Waals surface area (Å²) in [6, 6.07) is 12.1. The van der Waals surface area contributed by atoms with Gasteiger partial charge in [0, 0.05) is 47.3 Å². The van der Waals surface area contributed by atoms with Gasteiger partial charge in [-0.2, -0.15) is 5.26 Å². The molecule has 0 amide bonds. The third-order valence-corrected chi connectivity index (χ3v) is 13.6. The van der Waals surface area contributed by atoms with Gasteiger partial charge in [0.1, 0.15) is 12.0 Å². The number of rotatable bonds is 5. The molecule has 0 radical (unpaired) electrons.